The molecule has 0 unspecified atom stereocenters. The fourth-order valence-electron chi connectivity index (χ4n) is 5.60. The highest BCUT2D eigenvalue weighted by Gasteiger charge is 2.49. The number of benzene rings is 3. The van der Waals surface area contributed by atoms with Crippen molar-refractivity contribution in [3.8, 4) is 0 Å². The van der Waals surface area contributed by atoms with Crippen LogP contribution in [0.4, 0.5) is 0 Å². The third-order valence-corrected chi connectivity index (χ3v) is 7.85. The summed E-state index contributed by atoms with van der Waals surface area (Å²) < 4.78 is 12.6. The van der Waals surface area contributed by atoms with Crippen molar-refractivity contribution < 1.29 is 9.47 Å². The minimum atomic E-state index is -0.344. The van der Waals surface area contributed by atoms with E-state index in [-0.39, 0.29) is 24.2 Å². The van der Waals surface area contributed by atoms with Crippen LogP contribution < -0.4 is 16.4 Å². The summed E-state index contributed by atoms with van der Waals surface area (Å²) in [5.74, 6) is 0. The van der Waals surface area contributed by atoms with E-state index in [1.807, 2.05) is 0 Å². The molecule has 0 amide bonds. The topological polar surface area (TPSA) is 18.5 Å². The standard InChI is InChI=1S/C31H39BO2/c1-19-15-21(3)27(22(4)16-19)32(28-23(5)17-20(2)18-24(28)6)26-13-11-25(12-14-26)29-33-30(7,8)31(9,10)34-29/h11-18,29H,1-10H3. The Bertz CT molecular complexity index is 1100. The molecule has 4 rings (SSSR count). The highest BCUT2D eigenvalue weighted by Crippen LogP contribution is 2.44. The average Bonchev–Trinajstić information content (AvgIpc) is 2.92. The summed E-state index contributed by atoms with van der Waals surface area (Å²) in [6.07, 6.45) is -0.344. The number of rotatable bonds is 4. The number of hydrogen-bond acceptors (Lipinski definition) is 2. The van der Waals surface area contributed by atoms with E-state index >= 15 is 0 Å². The summed E-state index contributed by atoms with van der Waals surface area (Å²) in [4.78, 5) is 0. The molecule has 178 valence electrons. The SMILES string of the molecule is Cc1cc(C)c(B(c2ccc(C3OC(C)(C)C(C)(C)O3)cc2)c2c(C)cc(C)cc2C)c(C)c1. The third-order valence-electron chi connectivity index (χ3n) is 7.85. The van der Waals surface area contributed by atoms with Crippen molar-refractivity contribution in [2.24, 2.45) is 0 Å². The Balaban J connectivity index is 1.83. The molecule has 1 heterocycles. The maximum Gasteiger partial charge on any atom is 0.242 e. The van der Waals surface area contributed by atoms with Crippen LogP contribution in [-0.4, -0.2) is 17.9 Å². The second-order valence-electron chi connectivity index (χ2n) is 11.3. The van der Waals surface area contributed by atoms with Crippen LogP contribution in [0.3, 0.4) is 0 Å². The molecular formula is C31H39BO2. The molecule has 3 aromatic carbocycles. The van der Waals surface area contributed by atoms with Crippen molar-refractivity contribution >= 4 is 23.1 Å². The van der Waals surface area contributed by atoms with E-state index in [9.17, 15) is 0 Å². The molecule has 3 aromatic rings. The van der Waals surface area contributed by atoms with Crippen LogP contribution in [0.2, 0.25) is 0 Å². The molecule has 0 atom stereocenters. The average molecular weight is 454 g/mol. The van der Waals surface area contributed by atoms with Crippen molar-refractivity contribution in [2.45, 2.75) is 86.7 Å². The zero-order valence-electron chi connectivity index (χ0n) is 22.6. The largest absolute Gasteiger partial charge is 0.339 e. The van der Waals surface area contributed by atoms with Gasteiger partial charge in [-0.15, -0.1) is 0 Å². The van der Waals surface area contributed by atoms with Gasteiger partial charge in [-0.2, -0.15) is 0 Å². The monoisotopic (exact) mass is 454 g/mol. The van der Waals surface area contributed by atoms with Crippen LogP contribution in [0.1, 0.15) is 72.9 Å². The lowest BCUT2D eigenvalue weighted by Gasteiger charge is -2.30. The number of hydrogen-bond donors (Lipinski definition) is 0. The van der Waals surface area contributed by atoms with Gasteiger partial charge in [-0.05, 0) is 69.2 Å². The second kappa shape index (κ2) is 8.70. The van der Waals surface area contributed by atoms with Gasteiger partial charge in [0.15, 0.2) is 6.29 Å². The predicted molar refractivity (Wildman–Crippen MR) is 145 cm³/mol. The molecule has 0 aliphatic carbocycles. The van der Waals surface area contributed by atoms with Crippen LogP contribution in [-0.2, 0) is 9.47 Å². The maximum absolute atomic E-state index is 6.30. The van der Waals surface area contributed by atoms with Gasteiger partial charge in [-0.25, -0.2) is 0 Å². The number of ether oxygens (including phenoxy) is 2. The Kier molecular flexibility index (Phi) is 6.33. The third kappa shape index (κ3) is 4.37. The Labute approximate surface area is 206 Å². The van der Waals surface area contributed by atoms with Gasteiger partial charge in [-0.3, -0.25) is 0 Å². The van der Waals surface area contributed by atoms with Crippen LogP contribution in [0.15, 0.2) is 48.5 Å². The van der Waals surface area contributed by atoms with Crippen molar-refractivity contribution in [3.05, 3.63) is 87.5 Å². The molecule has 3 heteroatoms. The first-order valence-electron chi connectivity index (χ1n) is 12.4. The molecule has 0 radical (unpaired) electrons. The lowest BCUT2D eigenvalue weighted by atomic mass is 9.34. The highest BCUT2D eigenvalue weighted by molar-refractivity contribution is 6.96. The quantitative estimate of drug-likeness (QED) is 0.474. The Morgan fingerprint density at radius 1 is 0.588 bits per heavy atom. The minimum absolute atomic E-state index is 0.175. The first-order chi connectivity index (χ1) is 15.8. The molecular weight excluding hydrogens is 415 g/mol. The van der Waals surface area contributed by atoms with Crippen LogP contribution in [0.25, 0.3) is 0 Å². The lowest BCUT2D eigenvalue weighted by Crippen LogP contribution is -2.55. The fourth-order valence-corrected chi connectivity index (χ4v) is 5.60. The van der Waals surface area contributed by atoms with E-state index in [0.29, 0.717) is 0 Å². The first-order valence-corrected chi connectivity index (χ1v) is 12.4. The maximum atomic E-state index is 6.30. The summed E-state index contributed by atoms with van der Waals surface area (Å²) in [5.41, 5.74) is 12.5. The summed E-state index contributed by atoms with van der Waals surface area (Å²) in [6.45, 7) is 21.9. The molecule has 0 saturated carbocycles. The molecule has 1 fully saturated rings. The van der Waals surface area contributed by atoms with E-state index in [1.165, 1.54) is 49.8 Å². The van der Waals surface area contributed by atoms with Crippen LogP contribution in [0.5, 0.6) is 0 Å². The Morgan fingerprint density at radius 2 is 0.941 bits per heavy atom. The normalized spacial score (nSPS) is 17.2. The number of aryl methyl sites for hydroxylation is 6. The van der Waals surface area contributed by atoms with Crippen molar-refractivity contribution in [1.29, 1.82) is 0 Å². The molecule has 0 N–H and O–H groups in total. The molecule has 1 aliphatic heterocycles. The highest BCUT2D eigenvalue weighted by atomic mass is 16.7. The molecule has 0 spiro atoms. The zero-order chi connectivity index (χ0) is 25.0. The Morgan fingerprint density at radius 3 is 1.29 bits per heavy atom. The lowest BCUT2D eigenvalue weighted by molar-refractivity contribution is -0.0895. The van der Waals surface area contributed by atoms with Crippen molar-refractivity contribution in [2.75, 3.05) is 0 Å². The van der Waals surface area contributed by atoms with Gasteiger partial charge in [0.1, 0.15) is 0 Å². The zero-order valence-corrected chi connectivity index (χ0v) is 22.6. The summed E-state index contributed by atoms with van der Waals surface area (Å²) in [5, 5.41) is 0. The van der Waals surface area contributed by atoms with Gasteiger partial charge in [0, 0.05) is 5.56 Å². The van der Waals surface area contributed by atoms with E-state index < -0.39 is 0 Å². The molecule has 1 aliphatic rings. The molecule has 34 heavy (non-hydrogen) atoms. The van der Waals surface area contributed by atoms with Gasteiger partial charge < -0.3 is 9.47 Å². The van der Waals surface area contributed by atoms with E-state index in [0.717, 1.165) is 5.56 Å². The van der Waals surface area contributed by atoms with Crippen molar-refractivity contribution in [1.82, 2.24) is 0 Å². The van der Waals surface area contributed by atoms with Crippen molar-refractivity contribution in [3.63, 3.8) is 0 Å². The van der Waals surface area contributed by atoms with Gasteiger partial charge in [0.2, 0.25) is 6.71 Å². The van der Waals surface area contributed by atoms with Gasteiger partial charge >= 0.3 is 0 Å². The predicted octanol–water partition coefficient (Wildman–Crippen LogP) is 5.66. The molecule has 0 aromatic heterocycles. The second-order valence-corrected chi connectivity index (χ2v) is 11.3. The van der Waals surface area contributed by atoms with E-state index in [1.54, 1.807) is 0 Å². The summed E-state index contributed by atoms with van der Waals surface area (Å²) in [7, 11) is 0. The summed E-state index contributed by atoms with van der Waals surface area (Å²) in [6, 6.07) is 18.1. The van der Waals surface area contributed by atoms with E-state index in [2.05, 4.69) is 118 Å². The molecule has 0 bridgehead atoms. The van der Waals surface area contributed by atoms with Crippen LogP contribution in [0, 0.1) is 41.5 Å². The first kappa shape index (κ1) is 24.8. The minimum Gasteiger partial charge on any atom is -0.339 e. The van der Waals surface area contributed by atoms with E-state index in [4.69, 9.17) is 9.47 Å². The van der Waals surface area contributed by atoms with Crippen LogP contribution >= 0.6 is 0 Å². The van der Waals surface area contributed by atoms with Gasteiger partial charge in [0.25, 0.3) is 0 Å². The molecule has 2 nitrogen and oxygen atoms in total. The molecule has 1 saturated heterocycles. The van der Waals surface area contributed by atoms with Gasteiger partial charge in [-0.1, -0.05) is 98.3 Å². The Hall–Kier alpha value is -2.36. The van der Waals surface area contributed by atoms with Gasteiger partial charge in [0.05, 0.1) is 11.2 Å². The fraction of sp³-hybridized carbons (Fsp3) is 0.419. The smallest absolute Gasteiger partial charge is 0.242 e. The summed E-state index contributed by atoms with van der Waals surface area (Å²) >= 11 is 0.